The predicted octanol–water partition coefficient (Wildman–Crippen LogP) is 15.1. The van der Waals surface area contributed by atoms with Crippen LogP contribution >= 0.6 is 31.7 Å². The molecule has 0 heterocycles. The fourth-order valence-electron chi connectivity index (χ4n) is 8.46. The van der Waals surface area contributed by atoms with Crippen molar-refractivity contribution in [2.75, 3.05) is 0 Å². The Kier molecular flexibility index (Phi) is 25.8. The smallest absolute Gasteiger partial charge is 0.0136 e. The summed E-state index contributed by atoms with van der Waals surface area (Å²) in [6.45, 7) is 0. The van der Waals surface area contributed by atoms with Crippen LogP contribution in [0.5, 0.6) is 0 Å². The van der Waals surface area contributed by atoms with Gasteiger partial charge in [0.1, 0.15) is 0 Å². The largest absolute Gasteiger partial charge is 0.0760 e. The summed E-state index contributed by atoms with van der Waals surface area (Å²) in [5.74, 6) is 0. The van der Waals surface area contributed by atoms with Crippen LogP contribution in [-0.2, 0) is 54.6 Å². The molecule has 0 bridgehead atoms. The van der Waals surface area contributed by atoms with Gasteiger partial charge in [-0.05, 0) is 95.4 Å². The first-order chi connectivity index (χ1) is 35.8. The van der Waals surface area contributed by atoms with Crippen molar-refractivity contribution in [1.82, 2.24) is 0 Å². The molecule has 0 saturated heterocycles. The summed E-state index contributed by atoms with van der Waals surface area (Å²) < 4.78 is 0. The van der Waals surface area contributed by atoms with Crippen LogP contribution in [0.25, 0.3) is 0 Å². The second kappa shape index (κ2) is 32.6. The molecule has 0 unspecified atom stereocenters. The molecule has 374 valence electrons. The topological polar surface area (TPSA) is 0 Å². The maximum Gasteiger partial charge on any atom is 0.0136 e. The normalized spacial score (nSPS) is 13.4. The van der Waals surface area contributed by atoms with Gasteiger partial charge in [0.2, 0.25) is 0 Å². The maximum absolute atomic E-state index is 2.23. The van der Waals surface area contributed by atoms with E-state index >= 15 is 0 Å². The summed E-state index contributed by atoms with van der Waals surface area (Å²) in [5.41, 5.74) is 0. The van der Waals surface area contributed by atoms with Crippen LogP contribution in [0, 0.1) is 25.7 Å². The molecule has 75 heavy (non-hydrogen) atoms. The van der Waals surface area contributed by atoms with Crippen molar-refractivity contribution >= 4 is 74.1 Å². The van der Waals surface area contributed by atoms with Gasteiger partial charge in [-0.1, -0.05) is 316 Å². The van der Waals surface area contributed by atoms with Crippen LogP contribution < -0.4 is 42.4 Å². The minimum absolute atomic E-state index is 0. The SMILES string of the molecule is [CH]1C=CC=C1P(c1ccccc1)c1ccccc1.[CH]1C=CC=C1P(c1ccccc1)c1ccccc1.[CH]1C=CC=C1P(c1ccccc1)c1ccccc1.[CH]1C=CC=C1P(c1ccccc1)c1ccccc1.[Fe].[Fe].[Pd]. The summed E-state index contributed by atoms with van der Waals surface area (Å²) in [7, 11) is -1.64. The Bertz CT molecular complexity index is 2570. The average molecular weight is 1220 g/mol. The van der Waals surface area contributed by atoms with Gasteiger partial charge < -0.3 is 0 Å². The molecule has 7 heteroatoms. The van der Waals surface area contributed by atoms with Gasteiger partial charge in [-0.15, -0.1) is 0 Å². The average Bonchev–Trinajstić information content (AvgIpc) is 4.34. The number of hydrogen-bond acceptors (Lipinski definition) is 0. The summed E-state index contributed by atoms with van der Waals surface area (Å²) in [5, 5.41) is 16.9. The summed E-state index contributed by atoms with van der Waals surface area (Å²) >= 11 is 0. The van der Waals surface area contributed by atoms with Gasteiger partial charge in [-0.3, -0.25) is 0 Å². The molecule has 8 aromatic rings. The van der Waals surface area contributed by atoms with E-state index in [9.17, 15) is 0 Å². The first kappa shape index (κ1) is 59.3. The standard InChI is InChI=1S/4C17H14P.2Fe.Pd/c4*1-3-9-15(10-4-1)18(17-13-7-8-14-17)16-11-5-2-6-12-16;;;/h4*1-14H;;;. The zero-order valence-electron chi connectivity index (χ0n) is 41.1. The van der Waals surface area contributed by atoms with E-state index in [4.69, 9.17) is 0 Å². The zero-order valence-corrected chi connectivity index (χ0v) is 48.5. The van der Waals surface area contributed by atoms with E-state index in [1.165, 1.54) is 63.7 Å². The third-order valence-corrected chi connectivity index (χ3v) is 21.5. The monoisotopic (exact) mass is 1210 g/mol. The molecule has 0 saturated carbocycles. The van der Waals surface area contributed by atoms with Crippen LogP contribution in [0.2, 0.25) is 0 Å². The van der Waals surface area contributed by atoms with Crippen molar-refractivity contribution in [3.63, 3.8) is 0 Å². The molecule has 4 aliphatic rings. The van der Waals surface area contributed by atoms with Crippen molar-refractivity contribution in [3.05, 3.63) is 363 Å². The molecule has 12 rings (SSSR count). The van der Waals surface area contributed by atoms with Gasteiger partial charge in [0.15, 0.2) is 0 Å². The van der Waals surface area contributed by atoms with Gasteiger partial charge in [-0.25, -0.2) is 0 Å². The van der Waals surface area contributed by atoms with Crippen molar-refractivity contribution in [2.45, 2.75) is 0 Å². The van der Waals surface area contributed by atoms with E-state index in [1.54, 1.807) is 0 Å². The van der Waals surface area contributed by atoms with Gasteiger partial charge in [0.05, 0.1) is 0 Å². The van der Waals surface area contributed by atoms with Crippen molar-refractivity contribution in [3.8, 4) is 0 Å². The van der Waals surface area contributed by atoms with Crippen molar-refractivity contribution in [1.29, 1.82) is 0 Å². The first-order valence-electron chi connectivity index (χ1n) is 24.3. The Morgan fingerprint density at radius 3 is 0.413 bits per heavy atom. The summed E-state index contributed by atoms with van der Waals surface area (Å²) in [4.78, 5) is 0. The molecular weight excluding hydrogens is 1160 g/mol. The molecule has 0 amide bonds. The van der Waals surface area contributed by atoms with Crippen LogP contribution in [0.1, 0.15) is 0 Å². The molecule has 0 atom stereocenters. The predicted molar refractivity (Wildman–Crippen MR) is 322 cm³/mol. The number of hydrogen-bond donors (Lipinski definition) is 0. The second-order valence-electron chi connectivity index (χ2n) is 16.6. The third-order valence-electron chi connectivity index (χ3n) is 11.7. The van der Waals surface area contributed by atoms with E-state index in [0.29, 0.717) is 0 Å². The van der Waals surface area contributed by atoms with Crippen LogP contribution in [-0.4, -0.2) is 0 Å². The number of benzene rings is 8. The van der Waals surface area contributed by atoms with Crippen LogP contribution in [0.4, 0.5) is 0 Å². The second-order valence-corrected chi connectivity index (χ2v) is 25.5. The van der Waals surface area contributed by atoms with Crippen molar-refractivity contribution in [2.24, 2.45) is 0 Å². The van der Waals surface area contributed by atoms with Gasteiger partial charge in [0.25, 0.3) is 0 Å². The maximum atomic E-state index is 2.23. The number of allylic oxidation sites excluding steroid dienone is 16. The number of rotatable bonds is 12. The third kappa shape index (κ3) is 17.0. The van der Waals surface area contributed by atoms with E-state index < -0.39 is 31.7 Å². The quantitative estimate of drug-likeness (QED) is 0.0845. The molecule has 0 aromatic heterocycles. The van der Waals surface area contributed by atoms with E-state index in [-0.39, 0.29) is 54.6 Å². The minimum Gasteiger partial charge on any atom is -0.0760 e. The van der Waals surface area contributed by atoms with Crippen LogP contribution in [0.15, 0.2) is 337 Å². The van der Waals surface area contributed by atoms with Gasteiger partial charge >= 0.3 is 0 Å². The summed E-state index contributed by atoms with van der Waals surface area (Å²) in [6.07, 6.45) is 34.8. The Hall–Kier alpha value is -4.90. The van der Waals surface area contributed by atoms with E-state index in [1.807, 2.05) is 0 Å². The molecule has 4 aliphatic carbocycles. The molecule has 8 aromatic carbocycles. The molecule has 4 radical (unpaired) electrons. The van der Waals surface area contributed by atoms with Gasteiger partial charge in [-0.2, -0.15) is 0 Å². The van der Waals surface area contributed by atoms with Crippen molar-refractivity contribution < 1.29 is 54.6 Å². The van der Waals surface area contributed by atoms with Gasteiger partial charge in [0, 0.05) is 80.2 Å². The molecule has 0 N–H and O–H groups in total. The van der Waals surface area contributed by atoms with E-state index in [0.717, 1.165) is 0 Å². The van der Waals surface area contributed by atoms with E-state index in [2.05, 4.69) is 341 Å². The molecule has 0 nitrogen and oxygen atoms in total. The first-order valence-corrected chi connectivity index (χ1v) is 29.6. The minimum atomic E-state index is -0.409. The Morgan fingerprint density at radius 2 is 0.307 bits per heavy atom. The molecule has 0 fully saturated rings. The summed E-state index contributed by atoms with van der Waals surface area (Å²) in [6, 6.07) is 86.2. The zero-order chi connectivity index (χ0) is 48.8. The Morgan fingerprint density at radius 1 is 0.173 bits per heavy atom. The van der Waals surface area contributed by atoms with Crippen LogP contribution in [0.3, 0.4) is 0 Å². The Balaban J connectivity index is 0.000000160. The fourth-order valence-corrected chi connectivity index (χ4v) is 17.7. The molecule has 0 aliphatic heterocycles. The Labute approximate surface area is 487 Å². The molecular formula is C68H56Fe2P4Pd. The molecule has 0 spiro atoms. The fraction of sp³-hybridized carbons (Fsp3) is 0.